The fraction of sp³-hybridized carbons (Fsp3) is 0.667. The van der Waals surface area contributed by atoms with Crippen molar-refractivity contribution in [1.82, 2.24) is 9.80 Å². The third kappa shape index (κ3) is 8.89. The molecule has 9 nitrogen and oxygen atoms in total. The summed E-state index contributed by atoms with van der Waals surface area (Å²) < 4.78 is 58.3. The van der Waals surface area contributed by atoms with Gasteiger partial charge >= 0.3 is 12.3 Å². The van der Waals surface area contributed by atoms with Crippen molar-refractivity contribution in [1.29, 1.82) is 0 Å². The van der Waals surface area contributed by atoms with Crippen LogP contribution in [-0.4, -0.2) is 98.8 Å². The molecule has 3 rings (SSSR count). The zero-order valence-corrected chi connectivity index (χ0v) is 26.4. The molecule has 0 saturated carbocycles. The largest absolute Gasteiger partial charge is 0.444 e. The number of hydrogen-bond acceptors (Lipinski definition) is 8. The van der Waals surface area contributed by atoms with E-state index in [0.717, 1.165) is 17.8 Å². The number of thioether (sulfide) groups is 1. The number of methoxy groups -OCH3 is 1. The SMILES string of the molecule is CC.COCOCC1CSc2c(Cl)c(C(F)(F)F)cc(c2N(C)C=O)C(N2CCN(C(=O)OC(C)(C)C)CC2C)=N1. The number of nitrogens with zero attached hydrogens (tertiary/aromatic N) is 4. The molecule has 0 aliphatic carbocycles. The van der Waals surface area contributed by atoms with Crippen LogP contribution in [0.5, 0.6) is 0 Å². The van der Waals surface area contributed by atoms with Gasteiger partial charge in [0.1, 0.15) is 18.2 Å². The van der Waals surface area contributed by atoms with Crippen molar-refractivity contribution < 1.29 is 37.0 Å². The van der Waals surface area contributed by atoms with Gasteiger partial charge in [0, 0.05) is 51.1 Å². The van der Waals surface area contributed by atoms with Crippen molar-refractivity contribution >= 4 is 47.4 Å². The predicted octanol–water partition coefficient (Wildman–Crippen LogP) is 5.76. The number of rotatable bonds is 6. The molecule has 0 N–H and O–H groups in total. The topological polar surface area (TPSA) is 83.9 Å². The molecular weight excluding hydrogens is 585 g/mol. The van der Waals surface area contributed by atoms with Gasteiger partial charge in [-0.2, -0.15) is 13.2 Å². The van der Waals surface area contributed by atoms with Gasteiger partial charge in [-0.05, 0) is 33.8 Å². The monoisotopic (exact) mass is 624 g/mol. The van der Waals surface area contributed by atoms with Crippen LogP contribution in [-0.2, 0) is 25.2 Å². The summed E-state index contributed by atoms with van der Waals surface area (Å²) in [6.45, 7) is 12.2. The Balaban J connectivity index is 0.00000287. The average Bonchev–Trinajstić information content (AvgIpc) is 2.88. The van der Waals surface area contributed by atoms with Gasteiger partial charge in [-0.25, -0.2) is 4.79 Å². The second-order valence-electron chi connectivity index (χ2n) is 10.3. The van der Waals surface area contributed by atoms with Gasteiger partial charge in [0.15, 0.2) is 0 Å². The first-order valence-electron chi connectivity index (χ1n) is 13.3. The summed E-state index contributed by atoms with van der Waals surface area (Å²) in [5.41, 5.74) is -1.31. The van der Waals surface area contributed by atoms with Crippen LogP contribution in [0.1, 0.15) is 52.7 Å². The summed E-state index contributed by atoms with van der Waals surface area (Å²) in [6.07, 6.45) is -4.68. The van der Waals surface area contributed by atoms with Gasteiger partial charge in [-0.15, -0.1) is 11.8 Å². The summed E-state index contributed by atoms with van der Waals surface area (Å²) in [7, 11) is 2.94. The number of piperazine rings is 1. The number of anilines is 1. The lowest BCUT2D eigenvalue weighted by Gasteiger charge is -2.43. The fourth-order valence-electron chi connectivity index (χ4n) is 4.34. The van der Waals surface area contributed by atoms with E-state index in [4.69, 9.17) is 30.8 Å². The zero-order chi connectivity index (χ0) is 31.1. The van der Waals surface area contributed by atoms with Crippen LogP contribution in [0.4, 0.5) is 23.7 Å². The van der Waals surface area contributed by atoms with Gasteiger partial charge in [0.25, 0.3) is 0 Å². The van der Waals surface area contributed by atoms with E-state index in [1.54, 1.807) is 25.7 Å². The van der Waals surface area contributed by atoms with E-state index in [1.165, 1.54) is 19.1 Å². The summed E-state index contributed by atoms with van der Waals surface area (Å²) in [5, 5.41) is -0.472. The van der Waals surface area contributed by atoms with Crippen molar-refractivity contribution in [3.8, 4) is 0 Å². The molecule has 14 heteroatoms. The molecule has 2 aliphatic heterocycles. The highest BCUT2D eigenvalue weighted by atomic mass is 35.5. The molecule has 2 heterocycles. The lowest BCUT2D eigenvalue weighted by atomic mass is 10.0. The Kier molecular flexibility index (Phi) is 12.6. The van der Waals surface area contributed by atoms with Crippen LogP contribution in [0.2, 0.25) is 5.02 Å². The van der Waals surface area contributed by atoms with Crippen molar-refractivity contribution in [3.63, 3.8) is 0 Å². The minimum absolute atomic E-state index is 0.0282. The molecule has 0 radical (unpaired) electrons. The number of aliphatic imine (C=N–C) groups is 1. The van der Waals surface area contributed by atoms with Crippen LogP contribution >= 0.6 is 23.4 Å². The number of carbonyl (C=O) groups excluding carboxylic acids is 2. The molecule has 2 aliphatic rings. The van der Waals surface area contributed by atoms with E-state index in [9.17, 15) is 22.8 Å². The van der Waals surface area contributed by atoms with Crippen molar-refractivity contribution in [2.45, 2.75) is 70.3 Å². The van der Waals surface area contributed by atoms with E-state index in [2.05, 4.69) is 0 Å². The number of ether oxygens (including phenoxy) is 3. The van der Waals surface area contributed by atoms with Gasteiger partial charge in [-0.3, -0.25) is 9.79 Å². The third-order valence-electron chi connectivity index (χ3n) is 6.04. The summed E-state index contributed by atoms with van der Waals surface area (Å²) >= 11 is 7.42. The first-order chi connectivity index (χ1) is 19.2. The maximum Gasteiger partial charge on any atom is 0.417 e. The Morgan fingerprint density at radius 3 is 2.46 bits per heavy atom. The molecule has 2 unspecified atom stereocenters. The highest BCUT2D eigenvalue weighted by molar-refractivity contribution is 7.99. The lowest BCUT2D eigenvalue weighted by Crippen LogP contribution is -2.56. The van der Waals surface area contributed by atoms with Gasteiger partial charge in [0.05, 0.1) is 33.8 Å². The quantitative estimate of drug-likeness (QED) is 0.226. The average molecular weight is 625 g/mol. The van der Waals surface area contributed by atoms with E-state index in [1.807, 2.05) is 25.7 Å². The number of amidine groups is 1. The Hall–Kier alpha value is -2.22. The fourth-order valence-corrected chi connectivity index (χ4v) is 5.91. The molecule has 1 saturated heterocycles. The molecule has 232 valence electrons. The summed E-state index contributed by atoms with van der Waals surface area (Å²) in [6, 6.07) is 0.168. The van der Waals surface area contributed by atoms with Gasteiger partial charge < -0.3 is 28.9 Å². The normalized spacial score (nSPS) is 19.4. The molecule has 0 aromatic heterocycles. The van der Waals surface area contributed by atoms with E-state index in [-0.39, 0.29) is 66.8 Å². The molecular formula is C27H40ClF3N4O5S. The molecule has 0 spiro atoms. The maximum atomic E-state index is 14.1. The number of benzene rings is 1. The van der Waals surface area contributed by atoms with Crippen LogP contribution < -0.4 is 4.90 Å². The Labute approximate surface area is 249 Å². The van der Waals surface area contributed by atoms with E-state index >= 15 is 0 Å². The van der Waals surface area contributed by atoms with Crippen molar-refractivity contribution in [2.75, 3.05) is 57.8 Å². The van der Waals surface area contributed by atoms with Crippen LogP contribution in [0.15, 0.2) is 16.0 Å². The van der Waals surface area contributed by atoms with Crippen LogP contribution in [0, 0.1) is 0 Å². The van der Waals surface area contributed by atoms with Gasteiger partial charge in [0.2, 0.25) is 6.41 Å². The highest BCUT2D eigenvalue weighted by Gasteiger charge is 2.40. The highest BCUT2D eigenvalue weighted by Crippen LogP contribution is 2.47. The van der Waals surface area contributed by atoms with Crippen molar-refractivity contribution in [2.24, 2.45) is 4.99 Å². The number of alkyl halides is 3. The predicted molar refractivity (Wildman–Crippen MR) is 155 cm³/mol. The lowest BCUT2D eigenvalue weighted by molar-refractivity contribution is -0.137. The van der Waals surface area contributed by atoms with Crippen LogP contribution in [0.3, 0.4) is 0 Å². The standard InChI is InChI=1S/C25H34ClF3N4O5S.C2H6/c1-15-10-32(23(35)38-24(2,3)4)7-8-33(15)22-17-9-18(25(27,28)29)19(26)21(20(17)31(5)13-34)39-12-16(30-22)11-37-14-36-6;1-2/h9,13,15-16H,7-8,10-12,14H2,1-6H3;1-2H3. The number of halogens is 4. The van der Waals surface area contributed by atoms with E-state index < -0.39 is 34.5 Å². The zero-order valence-electron chi connectivity index (χ0n) is 24.8. The first kappa shape index (κ1) is 35.0. The third-order valence-corrected chi connectivity index (χ3v) is 7.78. The van der Waals surface area contributed by atoms with Crippen LogP contribution in [0.25, 0.3) is 0 Å². The molecule has 1 aromatic rings. The minimum Gasteiger partial charge on any atom is -0.444 e. The second-order valence-corrected chi connectivity index (χ2v) is 11.7. The second kappa shape index (κ2) is 14.8. The number of carbonyl (C=O) groups is 2. The molecule has 2 amide bonds. The smallest absolute Gasteiger partial charge is 0.417 e. The molecule has 2 atom stereocenters. The van der Waals surface area contributed by atoms with Gasteiger partial charge in [-0.1, -0.05) is 25.4 Å². The molecule has 1 aromatic carbocycles. The maximum absolute atomic E-state index is 14.1. The minimum atomic E-state index is -4.73. The molecule has 41 heavy (non-hydrogen) atoms. The Morgan fingerprint density at radius 1 is 1.27 bits per heavy atom. The Bertz CT molecular complexity index is 1100. The number of hydrogen-bond donors (Lipinski definition) is 0. The van der Waals surface area contributed by atoms with Crippen molar-refractivity contribution in [3.05, 3.63) is 22.2 Å². The van der Waals surface area contributed by atoms with E-state index in [0.29, 0.717) is 6.41 Å². The molecule has 1 fully saturated rings. The number of amides is 2. The first-order valence-corrected chi connectivity index (χ1v) is 14.7. The summed E-state index contributed by atoms with van der Waals surface area (Å²) in [4.78, 5) is 34.2. The number of fused-ring (bicyclic) bond motifs is 2. The molecule has 2 bridgehead atoms. The summed E-state index contributed by atoms with van der Waals surface area (Å²) in [5.74, 6) is 0.518. The Morgan fingerprint density at radius 2 is 1.93 bits per heavy atom.